The lowest BCUT2D eigenvalue weighted by Crippen LogP contribution is -2.64. The molecule has 0 bridgehead atoms. The van der Waals surface area contributed by atoms with Crippen molar-refractivity contribution in [3.8, 4) is 0 Å². The number of aliphatic hydroxyl groups is 2. The highest BCUT2D eigenvalue weighted by Gasteiger charge is 2.68. The molecule has 0 unspecified atom stereocenters. The fourth-order valence-electron chi connectivity index (χ4n) is 10.4. The summed E-state index contributed by atoms with van der Waals surface area (Å²) in [6.45, 7) is 19.5. The first-order valence-electron chi connectivity index (χ1n) is 13.4. The molecule has 2 N–H and O–H groups in total. The summed E-state index contributed by atoms with van der Waals surface area (Å²) in [5, 5.41) is 21.6. The highest BCUT2D eigenvalue weighted by atomic mass is 16.3. The first kappa shape index (κ1) is 22.9. The Morgan fingerprint density at radius 3 is 2.12 bits per heavy atom. The van der Waals surface area contributed by atoms with Crippen LogP contribution in [-0.2, 0) is 0 Å². The summed E-state index contributed by atoms with van der Waals surface area (Å²) in [5.74, 6) is 2.65. The molecule has 5 aliphatic carbocycles. The highest BCUT2D eigenvalue weighted by Crippen LogP contribution is 2.76. The second kappa shape index (κ2) is 6.39. The zero-order chi connectivity index (χ0) is 23.5. The Hall–Kier alpha value is -0.920. The van der Waals surface area contributed by atoms with Gasteiger partial charge in [-0.2, -0.15) is 0 Å². The average molecular weight is 441 g/mol. The van der Waals surface area contributed by atoms with Crippen molar-refractivity contribution < 1.29 is 10.2 Å². The molecule has 0 aliphatic heterocycles. The van der Waals surface area contributed by atoms with Crippen LogP contribution >= 0.6 is 0 Å². The third kappa shape index (κ3) is 2.65. The first-order valence-corrected chi connectivity index (χ1v) is 13.4. The maximum atomic E-state index is 10.8. The minimum atomic E-state index is -0.464. The van der Waals surface area contributed by atoms with Crippen LogP contribution in [0.2, 0.25) is 0 Å². The zero-order valence-corrected chi connectivity index (χ0v) is 22.1. The van der Waals surface area contributed by atoms with E-state index in [1.54, 1.807) is 0 Å². The molecule has 0 amide bonds. The van der Waals surface area contributed by atoms with E-state index in [4.69, 9.17) is 0 Å². The van der Waals surface area contributed by atoms with Crippen LogP contribution in [0.25, 0.3) is 0 Å². The van der Waals surface area contributed by atoms with Gasteiger partial charge < -0.3 is 10.2 Å². The average Bonchev–Trinajstić information content (AvgIpc) is 2.68. The molecule has 0 saturated heterocycles. The molecule has 2 nitrogen and oxygen atoms in total. The molecule has 0 heterocycles. The van der Waals surface area contributed by atoms with Crippen molar-refractivity contribution in [1.29, 1.82) is 0 Å². The summed E-state index contributed by atoms with van der Waals surface area (Å²) in [6.07, 6.45) is 13.8. The van der Waals surface area contributed by atoms with Gasteiger partial charge in [-0.1, -0.05) is 53.2 Å². The van der Waals surface area contributed by atoms with Crippen LogP contribution < -0.4 is 0 Å². The summed E-state index contributed by atoms with van der Waals surface area (Å²) in [4.78, 5) is 0. The highest BCUT2D eigenvalue weighted by molar-refractivity contribution is 5.40. The predicted molar refractivity (Wildman–Crippen MR) is 132 cm³/mol. The lowest BCUT2D eigenvalue weighted by Gasteiger charge is -2.71. The fraction of sp³-hybridized carbons (Fsp3) is 0.867. The molecule has 2 heteroatoms. The molecule has 0 radical (unpaired) electrons. The second-order valence-corrected chi connectivity index (χ2v) is 15.0. The summed E-state index contributed by atoms with van der Waals surface area (Å²) in [6, 6.07) is 0. The second-order valence-electron chi connectivity index (χ2n) is 15.0. The maximum Gasteiger partial charge on any atom is 0.139 e. The Kier molecular flexibility index (Phi) is 4.57. The molecule has 0 aromatic heterocycles. The fourth-order valence-corrected chi connectivity index (χ4v) is 10.4. The van der Waals surface area contributed by atoms with Gasteiger partial charge in [0.25, 0.3) is 0 Å². The molecular weight excluding hydrogens is 392 g/mol. The molecule has 5 aliphatic rings. The van der Waals surface area contributed by atoms with Crippen LogP contribution in [0.3, 0.4) is 0 Å². The first-order chi connectivity index (χ1) is 14.6. The Bertz CT molecular complexity index is 893. The molecule has 0 aromatic carbocycles. The number of hydrogen-bond donors (Lipinski definition) is 2. The largest absolute Gasteiger partial charge is 0.509 e. The van der Waals surface area contributed by atoms with Crippen molar-refractivity contribution in [2.45, 2.75) is 113 Å². The van der Waals surface area contributed by atoms with Gasteiger partial charge >= 0.3 is 0 Å². The molecule has 3 fully saturated rings. The van der Waals surface area contributed by atoms with Crippen molar-refractivity contribution in [2.24, 2.45) is 50.2 Å². The Balaban J connectivity index is 1.58. The van der Waals surface area contributed by atoms with Crippen molar-refractivity contribution in [3.63, 3.8) is 0 Å². The molecule has 5 rings (SSSR count). The number of fused-ring (bicyclic) bond motifs is 7. The maximum absolute atomic E-state index is 10.8. The van der Waals surface area contributed by atoms with E-state index >= 15 is 0 Å². The van der Waals surface area contributed by atoms with Crippen molar-refractivity contribution in [2.75, 3.05) is 0 Å². The summed E-state index contributed by atoms with van der Waals surface area (Å²) in [7, 11) is 0. The topological polar surface area (TPSA) is 40.5 Å². The monoisotopic (exact) mass is 440 g/mol. The third-order valence-electron chi connectivity index (χ3n) is 12.6. The number of rotatable bonds is 0. The number of hydrogen-bond acceptors (Lipinski definition) is 2. The molecule has 0 spiro atoms. The van der Waals surface area contributed by atoms with Gasteiger partial charge in [0.15, 0.2) is 0 Å². The predicted octanol–water partition coefficient (Wildman–Crippen LogP) is 8.75. The molecular formula is C30H48O2. The molecule has 3 saturated carbocycles. The van der Waals surface area contributed by atoms with Crippen LogP contribution in [-0.4, -0.2) is 10.2 Å². The van der Waals surface area contributed by atoms with Crippen LogP contribution in [0.4, 0.5) is 0 Å². The lowest BCUT2D eigenvalue weighted by molar-refractivity contribution is -0.203. The number of aliphatic hydroxyl groups excluding tert-OH is 2. The Morgan fingerprint density at radius 2 is 1.44 bits per heavy atom. The normalized spacial score (nSPS) is 51.6. The quantitative estimate of drug-likeness (QED) is 0.370. The van der Waals surface area contributed by atoms with Crippen LogP contribution in [0.1, 0.15) is 113 Å². The van der Waals surface area contributed by atoms with Crippen molar-refractivity contribution in [3.05, 3.63) is 23.2 Å². The minimum Gasteiger partial charge on any atom is -0.509 e. The van der Waals surface area contributed by atoms with E-state index in [0.717, 1.165) is 18.3 Å². The van der Waals surface area contributed by atoms with E-state index in [-0.39, 0.29) is 22.3 Å². The van der Waals surface area contributed by atoms with Gasteiger partial charge in [0.1, 0.15) is 11.5 Å². The van der Waals surface area contributed by atoms with E-state index in [1.165, 1.54) is 50.5 Å². The summed E-state index contributed by atoms with van der Waals surface area (Å²) >= 11 is 0. The van der Waals surface area contributed by atoms with E-state index < -0.39 is 5.41 Å². The lowest BCUT2D eigenvalue weighted by atomic mass is 9.33. The van der Waals surface area contributed by atoms with Crippen LogP contribution in [0.5, 0.6) is 0 Å². The van der Waals surface area contributed by atoms with Gasteiger partial charge in [-0.25, -0.2) is 0 Å². The van der Waals surface area contributed by atoms with Crippen molar-refractivity contribution in [1.82, 2.24) is 0 Å². The van der Waals surface area contributed by atoms with E-state index in [9.17, 15) is 10.2 Å². The van der Waals surface area contributed by atoms with Crippen LogP contribution in [0.15, 0.2) is 23.2 Å². The Morgan fingerprint density at radius 1 is 0.781 bits per heavy atom. The number of allylic oxidation sites excluding steroid dienone is 3. The SMILES string of the molecule is CC1(C)CC[C@]2(C)CC[C@]3(C)[C@H](CC[C@@H]4[C@@]5(C)CC(O)=C(O)C(C)(C)C5=CC[C@]43C)[C@H]2C1. The van der Waals surface area contributed by atoms with Gasteiger partial charge in [0.2, 0.25) is 0 Å². The Labute approximate surface area is 197 Å². The van der Waals surface area contributed by atoms with E-state index in [0.29, 0.717) is 28.6 Å². The standard InChI is InChI=1S/C30H48O2/c1-25(2)13-14-27(5)15-16-29(7)19(20(27)17-25)9-10-23-28(6)18-21(31)24(32)26(3,4)22(28)11-12-30(23,29)8/h11,19-20,23,31-32H,9-10,12-18H2,1-8H3/t19-,20-,23-,27-,28+,29-,30-/m1/s1. The molecule has 32 heavy (non-hydrogen) atoms. The van der Waals surface area contributed by atoms with Crippen LogP contribution in [0, 0.1) is 50.2 Å². The van der Waals surface area contributed by atoms with Gasteiger partial charge in [0.05, 0.1) is 0 Å². The van der Waals surface area contributed by atoms with E-state index in [2.05, 4.69) is 61.5 Å². The van der Waals surface area contributed by atoms with Gasteiger partial charge in [-0.05, 0) is 110 Å². The van der Waals surface area contributed by atoms with Gasteiger partial charge in [0, 0.05) is 11.8 Å². The van der Waals surface area contributed by atoms with Gasteiger partial charge in [-0.15, -0.1) is 0 Å². The summed E-state index contributed by atoms with van der Waals surface area (Å²) in [5.41, 5.74) is 2.46. The summed E-state index contributed by atoms with van der Waals surface area (Å²) < 4.78 is 0. The smallest absolute Gasteiger partial charge is 0.139 e. The van der Waals surface area contributed by atoms with Crippen molar-refractivity contribution >= 4 is 0 Å². The third-order valence-corrected chi connectivity index (χ3v) is 12.6. The minimum absolute atomic E-state index is 0.0621. The van der Waals surface area contributed by atoms with E-state index in [1.807, 2.05) is 0 Å². The molecule has 7 atom stereocenters. The zero-order valence-electron chi connectivity index (χ0n) is 22.1. The molecule has 180 valence electrons. The van der Waals surface area contributed by atoms with Gasteiger partial charge in [-0.3, -0.25) is 0 Å². The molecule has 0 aromatic rings.